The summed E-state index contributed by atoms with van der Waals surface area (Å²) in [5.74, 6) is 0.872. The Kier molecular flexibility index (Phi) is 4.50. The van der Waals surface area contributed by atoms with Crippen molar-refractivity contribution in [3.05, 3.63) is 28.2 Å². The molecule has 1 saturated carbocycles. The zero-order valence-electron chi connectivity index (χ0n) is 12.7. The third-order valence-corrected chi connectivity index (χ3v) is 5.33. The van der Waals surface area contributed by atoms with Gasteiger partial charge in [0.1, 0.15) is 6.10 Å². The van der Waals surface area contributed by atoms with Gasteiger partial charge in [-0.3, -0.25) is 4.99 Å². The Balaban J connectivity index is 1.93. The molecule has 2 heterocycles. The Morgan fingerprint density at radius 1 is 1.48 bits per heavy atom. The molecule has 1 N–H and O–H groups in total. The summed E-state index contributed by atoms with van der Waals surface area (Å²) in [5, 5.41) is 11.5. The standard InChI is InChI=1S/C16H24N2O2S/c1-11(2)14-10-21-16(18(14)7-8-19)17-13-4-3-5-15-12(13)6-9-20-15/h6,9-13,15,19H,3-5,7-8H2,1-2H3. The predicted octanol–water partition coefficient (Wildman–Crippen LogP) is 2.65. The number of ether oxygens (including phenoxy) is 1. The Morgan fingerprint density at radius 3 is 3.10 bits per heavy atom. The van der Waals surface area contributed by atoms with Crippen LogP contribution < -0.4 is 4.80 Å². The van der Waals surface area contributed by atoms with Gasteiger partial charge in [-0.1, -0.05) is 13.8 Å². The van der Waals surface area contributed by atoms with Gasteiger partial charge in [0.05, 0.1) is 18.9 Å². The van der Waals surface area contributed by atoms with Gasteiger partial charge in [-0.2, -0.15) is 0 Å². The largest absolute Gasteiger partial charge is 0.498 e. The van der Waals surface area contributed by atoms with Crippen LogP contribution >= 0.6 is 11.3 Å². The fraction of sp³-hybridized carbons (Fsp3) is 0.688. The molecule has 1 aliphatic carbocycles. The van der Waals surface area contributed by atoms with E-state index in [4.69, 9.17) is 9.73 Å². The molecule has 1 aromatic rings. The molecule has 0 bridgehead atoms. The van der Waals surface area contributed by atoms with E-state index in [1.807, 2.05) is 6.26 Å². The van der Waals surface area contributed by atoms with Crippen LogP contribution in [0.25, 0.3) is 0 Å². The average molecular weight is 308 g/mol. The molecule has 3 atom stereocenters. The van der Waals surface area contributed by atoms with Crippen LogP contribution in [0.3, 0.4) is 0 Å². The highest BCUT2D eigenvalue weighted by Gasteiger charge is 2.35. The SMILES string of the molecule is CC(C)c1csc(=NC2CCCC3OC=CC23)n1CCO. The van der Waals surface area contributed by atoms with Crippen LogP contribution in [0.15, 0.2) is 22.7 Å². The van der Waals surface area contributed by atoms with Crippen molar-refractivity contribution in [2.24, 2.45) is 10.9 Å². The van der Waals surface area contributed by atoms with Crippen molar-refractivity contribution < 1.29 is 9.84 Å². The molecule has 21 heavy (non-hydrogen) atoms. The molecule has 0 radical (unpaired) electrons. The quantitative estimate of drug-likeness (QED) is 0.929. The van der Waals surface area contributed by atoms with E-state index in [0.717, 1.165) is 17.6 Å². The maximum absolute atomic E-state index is 9.34. The van der Waals surface area contributed by atoms with Crippen LogP contribution in [0.4, 0.5) is 0 Å². The second-order valence-corrected chi connectivity index (χ2v) is 7.02. The number of aliphatic hydroxyl groups excluding tert-OH is 1. The minimum atomic E-state index is 0.156. The molecule has 3 rings (SSSR count). The number of fused-ring (bicyclic) bond motifs is 1. The molecule has 2 aliphatic rings. The number of rotatable bonds is 4. The third-order valence-electron chi connectivity index (χ3n) is 4.44. The highest BCUT2D eigenvalue weighted by molar-refractivity contribution is 7.07. The van der Waals surface area contributed by atoms with E-state index in [-0.39, 0.29) is 6.61 Å². The Bertz CT molecular complexity index is 573. The summed E-state index contributed by atoms with van der Waals surface area (Å²) in [6.07, 6.45) is 7.79. The smallest absolute Gasteiger partial charge is 0.185 e. The molecule has 3 unspecified atom stereocenters. The first kappa shape index (κ1) is 14.9. The maximum Gasteiger partial charge on any atom is 0.185 e. The lowest BCUT2D eigenvalue weighted by Crippen LogP contribution is -2.34. The van der Waals surface area contributed by atoms with E-state index < -0.39 is 0 Å². The summed E-state index contributed by atoms with van der Waals surface area (Å²) >= 11 is 1.69. The van der Waals surface area contributed by atoms with Crippen LogP contribution in [0.2, 0.25) is 0 Å². The first-order valence-electron chi connectivity index (χ1n) is 7.85. The lowest BCUT2D eigenvalue weighted by molar-refractivity contribution is 0.0900. The summed E-state index contributed by atoms with van der Waals surface area (Å²) in [6, 6.07) is 0.311. The number of thiazole rings is 1. The van der Waals surface area contributed by atoms with Crippen molar-refractivity contribution in [3.63, 3.8) is 0 Å². The van der Waals surface area contributed by atoms with Crippen molar-refractivity contribution in [3.8, 4) is 0 Å². The summed E-state index contributed by atoms with van der Waals surface area (Å²) in [7, 11) is 0. The fourth-order valence-electron chi connectivity index (χ4n) is 3.32. The number of aromatic nitrogens is 1. The summed E-state index contributed by atoms with van der Waals surface area (Å²) in [6.45, 7) is 5.15. The molecule has 0 aromatic carbocycles. The molecule has 4 nitrogen and oxygen atoms in total. The van der Waals surface area contributed by atoms with Crippen molar-refractivity contribution in [1.29, 1.82) is 0 Å². The Hall–Kier alpha value is -1.07. The lowest BCUT2D eigenvalue weighted by Gasteiger charge is -2.29. The highest BCUT2D eigenvalue weighted by Crippen LogP contribution is 2.34. The molecule has 0 saturated heterocycles. The first-order chi connectivity index (χ1) is 10.2. The van der Waals surface area contributed by atoms with Gasteiger partial charge in [-0.05, 0) is 31.3 Å². The van der Waals surface area contributed by atoms with Gasteiger partial charge in [-0.15, -0.1) is 11.3 Å². The highest BCUT2D eigenvalue weighted by atomic mass is 32.1. The Labute approximate surface area is 129 Å². The molecular formula is C16H24N2O2S. The second kappa shape index (κ2) is 6.36. The minimum absolute atomic E-state index is 0.156. The minimum Gasteiger partial charge on any atom is -0.498 e. The monoisotopic (exact) mass is 308 g/mol. The van der Waals surface area contributed by atoms with Crippen LogP contribution in [0, 0.1) is 5.92 Å². The molecule has 116 valence electrons. The summed E-state index contributed by atoms with van der Waals surface area (Å²) in [5.41, 5.74) is 1.26. The van der Waals surface area contributed by atoms with Gasteiger partial charge in [-0.25, -0.2) is 0 Å². The number of hydrogen-bond acceptors (Lipinski definition) is 4. The van der Waals surface area contributed by atoms with Crippen LogP contribution in [0.5, 0.6) is 0 Å². The third kappa shape index (κ3) is 2.94. The van der Waals surface area contributed by atoms with E-state index in [2.05, 4.69) is 29.9 Å². The molecule has 0 spiro atoms. The van der Waals surface area contributed by atoms with E-state index in [1.54, 1.807) is 11.3 Å². The zero-order chi connectivity index (χ0) is 14.8. The molecule has 0 amide bonds. The van der Waals surface area contributed by atoms with Crippen molar-refractivity contribution in [2.45, 2.75) is 57.7 Å². The summed E-state index contributed by atoms with van der Waals surface area (Å²) in [4.78, 5) is 6.06. The van der Waals surface area contributed by atoms with Crippen molar-refractivity contribution in [2.75, 3.05) is 6.61 Å². The fourth-order valence-corrected chi connectivity index (χ4v) is 4.47. The van der Waals surface area contributed by atoms with Gasteiger partial charge in [0.15, 0.2) is 4.80 Å². The van der Waals surface area contributed by atoms with Gasteiger partial charge >= 0.3 is 0 Å². The molecule has 1 aromatic heterocycles. The van der Waals surface area contributed by atoms with E-state index in [1.165, 1.54) is 12.1 Å². The zero-order valence-corrected chi connectivity index (χ0v) is 13.6. The number of nitrogens with zero attached hydrogens (tertiary/aromatic N) is 2. The number of aliphatic hydroxyl groups is 1. The average Bonchev–Trinajstić information content (AvgIpc) is 3.07. The molecule has 1 fully saturated rings. The van der Waals surface area contributed by atoms with Crippen molar-refractivity contribution >= 4 is 11.3 Å². The normalized spacial score (nSPS) is 29.0. The van der Waals surface area contributed by atoms with Gasteiger partial charge in [0, 0.05) is 23.5 Å². The topological polar surface area (TPSA) is 46.8 Å². The van der Waals surface area contributed by atoms with E-state index >= 15 is 0 Å². The molecule has 1 aliphatic heterocycles. The van der Waals surface area contributed by atoms with E-state index in [9.17, 15) is 5.11 Å². The molecular weight excluding hydrogens is 284 g/mol. The predicted molar refractivity (Wildman–Crippen MR) is 84.2 cm³/mol. The maximum atomic E-state index is 9.34. The first-order valence-corrected chi connectivity index (χ1v) is 8.73. The van der Waals surface area contributed by atoms with Crippen LogP contribution in [-0.2, 0) is 11.3 Å². The molecule has 5 heteroatoms. The van der Waals surface area contributed by atoms with E-state index in [0.29, 0.717) is 30.5 Å². The number of hydrogen-bond donors (Lipinski definition) is 1. The Morgan fingerprint density at radius 2 is 2.33 bits per heavy atom. The van der Waals surface area contributed by atoms with Crippen LogP contribution in [-0.4, -0.2) is 28.4 Å². The second-order valence-electron chi connectivity index (χ2n) is 6.18. The van der Waals surface area contributed by atoms with Gasteiger partial charge in [0.2, 0.25) is 0 Å². The lowest BCUT2D eigenvalue weighted by atomic mass is 9.83. The van der Waals surface area contributed by atoms with Gasteiger partial charge in [0.25, 0.3) is 0 Å². The van der Waals surface area contributed by atoms with Crippen LogP contribution in [0.1, 0.15) is 44.7 Å². The van der Waals surface area contributed by atoms with Crippen molar-refractivity contribution in [1.82, 2.24) is 4.57 Å². The summed E-state index contributed by atoms with van der Waals surface area (Å²) < 4.78 is 7.84. The van der Waals surface area contributed by atoms with Gasteiger partial charge < -0.3 is 14.4 Å².